The van der Waals surface area contributed by atoms with Gasteiger partial charge in [-0.25, -0.2) is 13.2 Å². The second-order valence-electron chi connectivity index (χ2n) is 5.84. The van der Waals surface area contributed by atoms with E-state index in [2.05, 4.69) is 10.0 Å². The van der Waals surface area contributed by atoms with Gasteiger partial charge in [0.05, 0.1) is 16.6 Å². The summed E-state index contributed by atoms with van der Waals surface area (Å²) in [5.41, 5.74) is 1.16. The molecule has 26 heavy (non-hydrogen) atoms. The van der Waals surface area contributed by atoms with Crippen molar-refractivity contribution in [1.82, 2.24) is 0 Å². The van der Waals surface area contributed by atoms with Gasteiger partial charge in [0, 0.05) is 18.3 Å². The number of sulfonamides is 1. The van der Waals surface area contributed by atoms with Crippen LogP contribution in [0, 0.1) is 0 Å². The van der Waals surface area contributed by atoms with Gasteiger partial charge in [0.25, 0.3) is 10.0 Å². The van der Waals surface area contributed by atoms with Crippen molar-refractivity contribution in [2.45, 2.75) is 31.8 Å². The molecule has 2 aromatic rings. The van der Waals surface area contributed by atoms with Crippen molar-refractivity contribution in [1.29, 1.82) is 0 Å². The van der Waals surface area contributed by atoms with Crippen molar-refractivity contribution < 1.29 is 22.7 Å². The molecule has 0 aliphatic heterocycles. The molecule has 2 aromatic carbocycles. The number of benzene rings is 2. The molecule has 138 valence electrons. The molecule has 8 heteroatoms. The predicted octanol–water partition coefficient (Wildman–Crippen LogP) is 3.01. The van der Waals surface area contributed by atoms with Gasteiger partial charge in [0.1, 0.15) is 0 Å². The normalized spacial score (nSPS) is 11.1. The Morgan fingerprint density at radius 2 is 1.46 bits per heavy atom. The lowest BCUT2D eigenvalue weighted by molar-refractivity contribution is -0.114. The second kappa shape index (κ2) is 8.01. The minimum atomic E-state index is -3.79. The molecule has 0 saturated carbocycles. The summed E-state index contributed by atoms with van der Waals surface area (Å²) in [6.07, 6.45) is -0.235. The molecule has 0 aliphatic carbocycles. The lowest BCUT2D eigenvalue weighted by atomic mass is 10.2. The fourth-order valence-corrected chi connectivity index (χ4v) is 3.15. The number of amides is 1. The van der Waals surface area contributed by atoms with Crippen molar-refractivity contribution in [3.05, 3.63) is 54.1 Å². The number of nitrogens with one attached hydrogen (secondary N) is 2. The van der Waals surface area contributed by atoms with Crippen LogP contribution in [0.15, 0.2) is 53.4 Å². The van der Waals surface area contributed by atoms with Crippen LogP contribution in [0.1, 0.15) is 31.1 Å². The van der Waals surface area contributed by atoms with E-state index in [4.69, 9.17) is 4.74 Å². The second-order valence-corrected chi connectivity index (χ2v) is 7.52. The highest BCUT2D eigenvalue weighted by Gasteiger charge is 2.15. The summed E-state index contributed by atoms with van der Waals surface area (Å²) in [6.45, 7) is 4.86. The monoisotopic (exact) mass is 376 g/mol. The first-order valence-corrected chi connectivity index (χ1v) is 9.37. The minimum absolute atomic E-state index is 0.0508. The summed E-state index contributed by atoms with van der Waals surface area (Å²) in [4.78, 5) is 22.8. The molecule has 0 aromatic heterocycles. The van der Waals surface area contributed by atoms with Crippen LogP contribution in [0.5, 0.6) is 0 Å². The Morgan fingerprint density at radius 1 is 0.923 bits per heavy atom. The lowest BCUT2D eigenvalue weighted by Crippen LogP contribution is -2.14. The lowest BCUT2D eigenvalue weighted by Gasteiger charge is -2.10. The molecular weight excluding hydrogens is 356 g/mol. The number of rotatable bonds is 6. The fraction of sp³-hybridized carbons (Fsp3) is 0.222. The van der Waals surface area contributed by atoms with Gasteiger partial charge in [-0.15, -0.1) is 0 Å². The molecule has 0 spiro atoms. The van der Waals surface area contributed by atoms with E-state index in [0.717, 1.165) is 0 Å². The van der Waals surface area contributed by atoms with Crippen molar-refractivity contribution >= 4 is 33.3 Å². The Labute approximate surface area is 152 Å². The SMILES string of the molecule is CC(=O)Nc1ccc(S(=O)(=O)Nc2ccc(C(=O)OC(C)C)cc2)cc1. The van der Waals surface area contributed by atoms with Gasteiger partial charge in [-0.05, 0) is 62.4 Å². The van der Waals surface area contributed by atoms with E-state index in [-0.39, 0.29) is 16.9 Å². The van der Waals surface area contributed by atoms with Gasteiger partial charge in [0.15, 0.2) is 0 Å². The van der Waals surface area contributed by atoms with Crippen molar-refractivity contribution in [3.63, 3.8) is 0 Å². The van der Waals surface area contributed by atoms with E-state index in [1.165, 1.54) is 55.5 Å². The first-order valence-electron chi connectivity index (χ1n) is 7.89. The highest BCUT2D eigenvalue weighted by molar-refractivity contribution is 7.92. The Morgan fingerprint density at radius 3 is 1.96 bits per heavy atom. The summed E-state index contributed by atoms with van der Waals surface area (Å²) in [5.74, 6) is -0.710. The number of hydrogen-bond donors (Lipinski definition) is 2. The summed E-state index contributed by atoms with van der Waals surface area (Å²) in [7, 11) is -3.79. The van der Waals surface area contributed by atoms with Crippen LogP contribution in [-0.4, -0.2) is 26.4 Å². The number of carbonyl (C=O) groups is 2. The zero-order valence-electron chi connectivity index (χ0n) is 14.6. The van der Waals surface area contributed by atoms with E-state index >= 15 is 0 Å². The van der Waals surface area contributed by atoms with E-state index < -0.39 is 16.0 Å². The van der Waals surface area contributed by atoms with Crippen LogP contribution >= 0.6 is 0 Å². The molecule has 0 aliphatic rings. The van der Waals surface area contributed by atoms with Crippen LogP contribution < -0.4 is 10.0 Å². The van der Waals surface area contributed by atoms with Gasteiger partial charge < -0.3 is 10.1 Å². The molecule has 7 nitrogen and oxygen atoms in total. The zero-order chi connectivity index (χ0) is 19.3. The first-order chi connectivity index (χ1) is 12.2. The Balaban J connectivity index is 2.11. The molecule has 0 bridgehead atoms. The first kappa shape index (κ1) is 19.5. The highest BCUT2D eigenvalue weighted by Crippen LogP contribution is 2.19. The molecule has 0 saturated heterocycles. The summed E-state index contributed by atoms with van der Waals surface area (Å²) < 4.78 is 32.3. The summed E-state index contributed by atoms with van der Waals surface area (Å²) in [6, 6.07) is 11.7. The summed E-state index contributed by atoms with van der Waals surface area (Å²) >= 11 is 0. The van der Waals surface area contributed by atoms with Gasteiger partial charge in [-0.3, -0.25) is 9.52 Å². The number of carbonyl (C=O) groups excluding carboxylic acids is 2. The smallest absolute Gasteiger partial charge is 0.338 e. The molecule has 0 atom stereocenters. The third-order valence-corrected chi connectivity index (χ3v) is 4.60. The van der Waals surface area contributed by atoms with Crippen LogP contribution in [-0.2, 0) is 19.6 Å². The molecule has 1 amide bonds. The molecule has 2 N–H and O–H groups in total. The van der Waals surface area contributed by atoms with Crippen molar-refractivity contribution in [2.75, 3.05) is 10.0 Å². The maximum Gasteiger partial charge on any atom is 0.338 e. The largest absolute Gasteiger partial charge is 0.459 e. The van der Waals surface area contributed by atoms with E-state index in [9.17, 15) is 18.0 Å². The van der Waals surface area contributed by atoms with Gasteiger partial charge in [-0.2, -0.15) is 0 Å². The van der Waals surface area contributed by atoms with Crippen LogP contribution in [0.3, 0.4) is 0 Å². The predicted molar refractivity (Wildman–Crippen MR) is 98.5 cm³/mol. The third-order valence-electron chi connectivity index (χ3n) is 3.20. The highest BCUT2D eigenvalue weighted by atomic mass is 32.2. The maximum absolute atomic E-state index is 12.4. The topological polar surface area (TPSA) is 102 Å². The van der Waals surface area contributed by atoms with Crippen molar-refractivity contribution in [3.8, 4) is 0 Å². The standard InChI is InChI=1S/C18H20N2O5S/c1-12(2)25-18(22)14-4-6-16(7-5-14)20-26(23,24)17-10-8-15(9-11-17)19-13(3)21/h4-12,20H,1-3H3,(H,19,21). The van der Waals surface area contributed by atoms with Crippen molar-refractivity contribution in [2.24, 2.45) is 0 Å². The average Bonchev–Trinajstić information content (AvgIpc) is 2.54. The Bertz CT molecular complexity index is 888. The van der Waals surface area contributed by atoms with Crippen LogP contribution in [0.2, 0.25) is 0 Å². The fourth-order valence-electron chi connectivity index (χ4n) is 2.09. The van der Waals surface area contributed by atoms with Gasteiger partial charge in [0.2, 0.25) is 5.91 Å². The third kappa shape index (κ3) is 5.32. The molecule has 0 fully saturated rings. The maximum atomic E-state index is 12.4. The molecule has 0 unspecified atom stereocenters. The van der Waals surface area contributed by atoms with E-state index in [1.807, 2.05) is 0 Å². The quantitative estimate of drug-likeness (QED) is 0.755. The number of anilines is 2. The zero-order valence-corrected chi connectivity index (χ0v) is 15.5. The molecule has 0 heterocycles. The molecule has 0 radical (unpaired) electrons. The minimum Gasteiger partial charge on any atom is -0.459 e. The number of ether oxygens (including phenoxy) is 1. The molecule has 2 rings (SSSR count). The number of hydrogen-bond acceptors (Lipinski definition) is 5. The van der Waals surface area contributed by atoms with Gasteiger partial charge >= 0.3 is 5.97 Å². The van der Waals surface area contributed by atoms with E-state index in [0.29, 0.717) is 16.9 Å². The Kier molecular flexibility index (Phi) is 5.99. The van der Waals surface area contributed by atoms with Gasteiger partial charge in [-0.1, -0.05) is 0 Å². The molecular formula is C18H20N2O5S. The van der Waals surface area contributed by atoms with E-state index in [1.54, 1.807) is 13.8 Å². The number of esters is 1. The van der Waals surface area contributed by atoms with Crippen LogP contribution in [0.4, 0.5) is 11.4 Å². The Hall–Kier alpha value is -2.87. The van der Waals surface area contributed by atoms with Crippen LogP contribution in [0.25, 0.3) is 0 Å². The average molecular weight is 376 g/mol. The summed E-state index contributed by atoms with van der Waals surface area (Å²) in [5, 5.41) is 2.57.